The van der Waals surface area contributed by atoms with Crippen LogP contribution in [-0.2, 0) is 12.6 Å². The molecular formula is C19H23BrF3N3O4. The lowest BCUT2D eigenvalue weighted by atomic mass is 9.97. The highest BCUT2D eigenvalue weighted by Gasteiger charge is 2.57. The van der Waals surface area contributed by atoms with E-state index in [1.165, 1.54) is 32.5 Å². The van der Waals surface area contributed by atoms with Gasteiger partial charge in [-0.2, -0.15) is 13.2 Å². The zero-order valence-corrected chi connectivity index (χ0v) is 18.3. The van der Waals surface area contributed by atoms with Gasteiger partial charge in [0, 0.05) is 38.0 Å². The number of aromatic nitrogens is 2. The van der Waals surface area contributed by atoms with E-state index in [-0.39, 0.29) is 5.56 Å². The van der Waals surface area contributed by atoms with Crippen LogP contribution in [0.1, 0.15) is 35.9 Å². The van der Waals surface area contributed by atoms with Crippen LogP contribution in [0.3, 0.4) is 0 Å². The minimum Gasteiger partial charge on any atom is -0.493 e. The van der Waals surface area contributed by atoms with Crippen molar-refractivity contribution in [3.63, 3.8) is 0 Å². The van der Waals surface area contributed by atoms with Crippen LogP contribution >= 0.6 is 15.9 Å². The third-order valence-corrected chi connectivity index (χ3v) is 4.96. The molecule has 2 rings (SSSR count). The van der Waals surface area contributed by atoms with Crippen molar-refractivity contribution in [1.29, 1.82) is 0 Å². The van der Waals surface area contributed by atoms with Crippen molar-refractivity contribution >= 4 is 21.8 Å². The van der Waals surface area contributed by atoms with Crippen LogP contribution in [0, 0.1) is 0 Å². The fourth-order valence-corrected chi connectivity index (χ4v) is 3.36. The average Bonchev–Trinajstić information content (AvgIpc) is 3.11. The lowest BCUT2D eigenvalue weighted by Crippen LogP contribution is -2.46. The van der Waals surface area contributed by atoms with Gasteiger partial charge in [-0.05, 0) is 34.5 Å². The molecule has 0 spiro atoms. The standard InChI is InChI=1S/C19H23BrF3N3O4/c1-4-9-30-15-13(20)10-12(11-14(15)29-3)16(27)24-6-5-18(28,19(21,22)23)17-25-7-8-26(17)2/h7-8,10-11,28H,4-6,9H2,1-3H3,(H,24,27). The quantitative estimate of drug-likeness (QED) is 0.557. The molecule has 11 heteroatoms. The van der Waals surface area contributed by atoms with Gasteiger partial charge in [0.05, 0.1) is 18.2 Å². The van der Waals surface area contributed by atoms with E-state index < -0.39 is 36.5 Å². The molecule has 0 radical (unpaired) electrons. The largest absolute Gasteiger partial charge is 0.493 e. The highest BCUT2D eigenvalue weighted by atomic mass is 79.9. The Hall–Kier alpha value is -2.27. The number of hydrogen-bond donors (Lipinski definition) is 2. The van der Waals surface area contributed by atoms with Gasteiger partial charge < -0.3 is 24.5 Å². The number of alkyl halides is 3. The molecule has 1 aromatic carbocycles. The molecule has 1 aromatic heterocycles. The Bertz CT molecular complexity index is 888. The number of benzene rings is 1. The number of carbonyl (C=O) groups is 1. The van der Waals surface area contributed by atoms with Gasteiger partial charge >= 0.3 is 6.18 Å². The first-order chi connectivity index (χ1) is 14.0. The topological polar surface area (TPSA) is 85.6 Å². The molecule has 30 heavy (non-hydrogen) atoms. The number of amides is 1. The first-order valence-electron chi connectivity index (χ1n) is 9.10. The SMILES string of the molecule is CCCOc1c(Br)cc(C(=O)NCCC(O)(c2nccn2C)C(F)(F)F)cc1OC. The number of aliphatic hydroxyl groups is 1. The zero-order valence-electron chi connectivity index (χ0n) is 16.7. The van der Waals surface area contributed by atoms with Crippen LogP contribution < -0.4 is 14.8 Å². The number of halogens is 4. The third kappa shape index (κ3) is 5.07. The fraction of sp³-hybridized carbons (Fsp3) is 0.474. The average molecular weight is 494 g/mol. The van der Waals surface area contributed by atoms with Gasteiger partial charge in [-0.15, -0.1) is 0 Å². The first kappa shape index (κ1) is 24.0. The van der Waals surface area contributed by atoms with Gasteiger partial charge in [-0.1, -0.05) is 6.92 Å². The molecule has 7 nitrogen and oxygen atoms in total. The summed E-state index contributed by atoms with van der Waals surface area (Å²) in [5.41, 5.74) is -3.04. The maximum atomic E-state index is 13.5. The van der Waals surface area contributed by atoms with E-state index in [0.29, 0.717) is 22.6 Å². The molecule has 166 valence electrons. The summed E-state index contributed by atoms with van der Waals surface area (Å²) in [5.74, 6) is -0.439. The number of hydrogen-bond acceptors (Lipinski definition) is 5. The molecule has 0 aliphatic heterocycles. The van der Waals surface area contributed by atoms with E-state index in [4.69, 9.17) is 9.47 Å². The van der Waals surface area contributed by atoms with Crippen LogP contribution in [0.4, 0.5) is 13.2 Å². The van der Waals surface area contributed by atoms with Gasteiger partial charge in [-0.25, -0.2) is 4.98 Å². The minimum atomic E-state index is -4.97. The number of carbonyl (C=O) groups excluding carboxylic acids is 1. The molecule has 0 aliphatic carbocycles. The van der Waals surface area contributed by atoms with Crippen LogP contribution in [0.5, 0.6) is 11.5 Å². The zero-order chi connectivity index (χ0) is 22.5. The van der Waals surface area contributed by atoms with Crippen LogP contribution in [0.25, 0.3) is 0 Å². The predicted molar refractivity (Wildman–Crippen MR) is 107 cm³/mol. The van der Waals surface area contributed by atoms with Gasteiger partial charge in [0.1, 0.15) is 5.82 Å². The van der Waals surface area contributed by atoms with Crippen molar-refractivity contribution in [2.45, 2.75) is 31.5 Å². The molecular weight excluding hydrogens is 471 g/mol. The Morgan fingerprint density at radius 3 is 2.60 bits per heavy atom. The monoisotopic (exact) mass is 493 g/mol. The smallest absolute Gasteiger partial charge is 0.424 e. The molecule has 2 aromatic rings. The van der Waals surface area contributed by atoms with E-state index in [9.17, 15) is 23.1 Å². The molecule has 1 amide bonds. The molecule has 0 aliphatic rings. The number of methoxy groups -OCH3 is 1. The maximum Gasteiger partial charge on any atom is 0.424 e. The number of nitrogens with zero attached hydrogens (tertiary/aromatic N) is 2. The molecule has 1 heterocycles. The summed E-state index contributed by atoms with van der Waals surface area (Å²) in [6.45, 7) is 1.95. The van der Waals surface area contributed by atoms with E-state index in [0.717, 1.165) is 17.2 Å². The summed E-state index contributed by atoms with van der Waals surface area (Å²) < 4.78 is 53.0. The van der Waals surface area contributed by atoms with Crippen molar-refractivity contribution in [3.8, 4) is 11.5 Å². The van der Waals surface area contributed by atoms with Crippen molar-refractivity contribution in [2.24, 2.45) is 7.05 Å². The van der Waals surface area contributed by atoms with Gasteiger partial charge in [-0.3, -0.25) is 4.79 Å². The van der Waals surface area contributed by atoms with Crippen molar-refractivity contribution < 1.29 is 32.5 Å². The molecule has 2 N–H and O–H groups in total. The Morgan fingerprint density at radius 1 is 1.37 bits per heavy atom. The Kier molecular flexibility index (Phi) is 7.75. The van der Waals surface area contributed by atoms with Gasteiger partial charge in [0.15, 0.2) is 11.5 Å². The number of aryl methyl sites for hydroxylation is 1. The van der Waals surface area contributed by atoms with Crippen molar-refractivity contribution in [2.75, 3.05) is 20.3 Å². The predicted octanol–water partition coefficient (Wildman–Crippen LogP) is 3.55. The highest BCUT2D eigenvalue weighted by molar-refractivity contribution is 9.10. The summed E-state index contributed by atoms with van der Waals surface area (Å²) in [7, 11) is 2.77. The molecule has 1 unspecified atom stereocenters. The summed E-state index contributed by atoms with van der Waals surface area (Å²) in [6.07, 6.45) is -2.53. The number of rotatable bonds is 9. The maximum absolute atomic E-state index is 13.5. The summed E-state index contributed by atoms with van der Waals surface area (Å²) in [5, 5.41) is 12.7. The van der Waals surface area contributed by atoms with E-state index in [1.807, 2.05) is 6.92 Å². The summed E-state index contributed by atoms with van der Waals surface area (Å²) in [4.78, 5) is 16.1. The summed E-state index contributed by atoms with van der Waals surface area (Å²) in [6, 6.07) is 2.91. The lowest BCUT2D eigenvalue weighted by Gasteiger charge is -2.30. The van der Waals surface area contributed by atoms with E-state index in [1.54, 1.807) is 0 Å². The second kappa shape index (κ2) is 9.69. The fourth-order valence-electron chi connectivity index (χ4n) is 2.80. The molecule has 1 atom stereocenters. The molecule has 0 saturated carbocycles. The number of ether oxygens (including phenoxy) is 2. The second-order valence-electron chi connectivity index (χ2n) is 6.56. The Balaban J connectivity index is 2.15. The van der Waals surface area contributed by atoms with Crippen LogP contribution in [0.15, 0.2) is 29.0 Å². The van der Waals surface area contributed by atoms with Crippen LogP contribution in [0.2, 0.25) is 0 Å². The normalized spacial score (nSPS) is 13.6. The van der Waals surface area contributed by atoms with Crippen LogP contribution in [-0.4, -0.2) is 47.0 Å². The molecule has 0 fully saturated rings. The van der Waals surface area contributed by atoms with Gasteiger partial charge in [0.2, 0.25) is 5.60 Å². The second-order valence-corrected chi connectivity index (χ2v) is 7.42. The third-order valence-electron chi connectivity index (χ3n) is 4.37. The van der Waals surface area contributed by atoms with E-state index in [2.05, 4.69) is 26.2 Å². The van der Waals surface area contributed by atoms with Crippen molar-refractivity contribution in [1.82, 2.24) is 14.9 Å². The Morgan fingerprint density at radius 2 is 2.07 bits per heavy atom. The number of nitrogens with one attached hydrogen (secondary N) is 1. The highest BCUT2D eigenvalue weighted by Crippen LogP contribution is 2.40. The minimum absolute atomic E-state index is 0.162. The van der Waals surface area contributed by atoms with Gasteiger partial charge in [0.25, 0.3) is 5.91 Å². The molecule has 0 bridgehead atoms. The summed E-state index contributed by atoms with van der Waals surface area (Å²) >= 11 is 3.31. The first-order valence-corrected chi connectivity index (χ1v) is 9.89. The van der Waals surface area contributed by atoms with E-state index >= 15 is 0 Å². The Labute approximate surface area is 180 Å². The molecule has 0 saturated heterocycles. The van der Waals surface area contributed by atoms with Crippen molar-refractivity contribution in [3.05, 3.63) is 40.4 Å². The number of imidazole rings is 1. The lowest BCUT2D eigenvalue weighted by molar-refractivity contribution is -0.272.